The average Bonchev–Trinajstić information content (AvgIpc) is 3.59. The monoisotopic (exact) mass is 740 g/mol. The van der Waals surface area contributed by atoms with Gasteiger partial charge in [-0.1, -0.05) is 69.8 Å². The predicted molar refractivity (Wildman–Crippen MR) is 154 cm³/mol. The molecule has 0 bridgehead atoms. The molecule has 0 radical (unpaired) electrons. The van der Waals surface area contributed by atoms with Gasteiger partial charge in [-0.05, 0) is 56.3 Å². The van der Waals surface area contributed by atoms with Crippen LogP contribution in [-0.2, 0) is 21.0 Å². The smallest absolute Gasteiger partial charge is 0.460 e. The SMILES string of the molecule is COc1ccc(Sc2ccc([S+](c3ccc(C)cc3)c3ccc(C)cc3)s2)s1.O=S(=O)([O-])C(F)(F)C(F)(F)C(F)(F)C(F)(F)F. The quantitative estimate of drug-likeness (QED) is 0.0972. The van der Waals surface area contributed by atoms with Crippen LogP contribution in [0.5, 0.6) is 5.06 Å². The van der Waals surface area contributed by atoms with E-state index >= 15 is 0 Å². The Morgan fingerprint density at radius 2 is 1.13 bits per heavy atom. The molecule has 0 N–H and O–H groups in total. The normalized spacial score (nSPS) is 13.0. The van der Waals surface area contributed by atoms with Crippen LogP contribution in [0.2, 0.25) is 0 Å². The van der Waals surface area contributed by atoms with Gasteiger partial charge < -0.3 is 9.29 Å². The minimum Gasteiger partial charge on any atom is -0.743 e. The van der Waals surface area contributed by atoms with E-state index in [0.29, 0.717) is 0 Å². The molecule has 2 heterocycles. The van der Waals surface area contributed by atoms with Crippen molar-refractivity contribution in [1.82, 2.24) is 0 Å². The van der Waals surface area contributed by atoms with Gasteiger partial charge in [0, 0.05) is 6.07 Å². The number of methoxy groups -OCH3 is 1. The summed E-state index contributed by atoms with van der Waals surface area (Å²) in [6.45, 7) is 4.28. The summed E-state index contributed by atoms with van der Waals surface area (Å²) in [5, 5.41) is -6.16. The summed E-state index contributed by atoms with van der Waals surface area (Å²) >= 11 is 5.40. The van der Waals surface area contributed by atoms with E-state index in [-0.39, 0.29) is 10.9 Å². The molecule has 0 aliphatic heterocycles. The zero-order valence-electron chi connectivity index (χ0n) is 23.0. The summed E-state index contributed by atoms with van der Waals surface area (Å²) in [4.78, 5) is 2.73. The van der Waals surface area contributed by atoms with Gasteiger partial charge in [0.1, 0.15) is 10.9 Å². The van der Waals surface area contributed by atoms with Crippen molar-refractivity contribution in [2.24, 2.45) is 0 Å². The van der Waals surface area contributed by atoms with Gasteiger partial charge in [-0.15, -0.1) is 0 Å². The van der Waals surface area contributed by atoms with Crippen LogP contribution in [0.15, 0.2) is 95.2 Å². The molecule has 0 aliphatic carbocycles. The third-order valence-corrected chi connectivity index (χ3v) is 12.5. The molecule has 0 amide bonds. The summed E-state index contributed by atoms with van der Waals surface area (Å²) < 4.78 is 145. The first-order valence-electron chi connectivity index (χ1n) is 12.1. The first-order valence-corrected chi connectivity index (χ1v) is 17.2. The molecule has 4 rings (SSSR count). The van der Waals surface area contributed by atoms with E-state index in [2.05, 4.69) is 80.6 Å². The summed E-state index contributed by atoms with van der Waals surface area (Å²) in [5.74, 6) is -14.8. The second kappa shape index (κ2) is 13.8. The molecule has 0 saturated heterocycles. The van der Waals surface area contributed by atoms with E-state index in [1.807, 2.05) is 29.2 Å². The molecule has 18 heteroatoms. The molecule has 4 nitrogen and oxygen atoms in total. The van der Waals surface area contributed by atoms with Crippen LogP contribution in [0.4, 0.5) is 39.5 Å². The summed E-state index contributed by atoms with van der Waals surface area (Å²) in [7, 11) is -5.78. The molecular weight excluding hydrogens is 720 g/mol. The second-order valence-corrected chi connectivity index (χ2v) is 16.4. The van der Waals surface area contributed by atoms with Crippen molar-refractivity contribution in [2.45, 2.75) is 59.5 Å². The van der Waals surface area contributed by atoms with E-state index < -0.39 is 33.4 Å². The van der Waals surface area contributed by atoms with E-state index in [0.717, 1.165) is 5.06 Å². The Morgan fingerprint density at radius 3 is 1.53 bits per heavy atom. The van der Waals surface area contributed by atoms with Crippen LogP contribution in [0.25, 0.3) is 0 Å². The van der Waals surface area contributed by atoms with Gasteiger partial charge in [-0.25, -0.2) is 8.42 Å². The highest BCUT2D eigenvalue weighted by Gasteiger charge is 2.83. The number of benzene rings is 2. The Bertz CT molecular complexity index is 1640. The van der Waals surface area contributed by atoms with E-state index in [4.69, 9.17) is 4.74 Å². The zero-order chi connectivity index (χ0) is 34.0. The zero-order valence-corrected chi connectivity index (χ0v) is 27.1. The molecule has 0 saturated carbocycles. The van der Waals surface area contributed by atoms with Crippen LogP contribution in [-0.4, -0.2) is 43.4 Å². The first kappa shape index (κ1) is 37.1. The van der Waals surface area contributed by atoms with Crippen molar-refractivity contribution in [3.63, 3.8) is 0 Å². The van der Waals surface area contributed by atoms with Crippen LogP contribution in [0.1, 0.15) is 11.1 Å². The van der Waals surface area contributed by atoms with E-state index in [1.165, 1.54) is 33.5 Å². The molecule has 2 aromatic carbocycles. The number of aryl methyl sites for hydroxylation is 2. The number of halogens is 9. The predicted octanol–water partition coefficient (Wildman–Crippen LogP) is 9.64. The second-order valence-electron chi connectivity index (χ2n) is 9.00. The van der Waals surface area contributed by atoms with Gasteiger partial charge in [0.05, 0.1) is 15.5 Å². The lowest BCUT2D eigenvalue weighted by atomic mass is 10.1. The molecule has 0 fully saturated rings. The van der Waals surface area contributed by atoms with E-state index in [9.17, 15) is 52.5 Å². The summed E-state index contributed by atoms with van der Waals surface area (Å²) in [6, 6.07) is 26.6. The summed E-state index contributed by atoms with van der Waals surface area (Å²) in [6.07, 6.45) is -7.16. The highest BCUT2D eigenvalue weighted by Crippen LogP contribution is 2.54. The third kappa shape index (κ3) is 8.13. The van der Waals surface area contributed by atoms with Gasteiger partial charge in [0.2, 0.25) is 4.21 Å². The number of ether oxygens (including phenoxy) is 1. The highest BCUT2D eigenvalue weighted by molar-refractivity contribution is 8.04. The third-order valence-electron chi connectivity index (χ3n) is 5.66. The Labute approximate surface area is 267 Å². The first-order chi connectivity index (χ1) is 20.6. The summed E-state index contributed by atoms with van der Waals surface area (Å²) in [5.41, 5.74) is 2.59. The molecule has 45 heavy (non-hydrogen) atoms. The molecule has 246 valence electrons. The fraction of sp³-hybridized carbons (Fsp3) is 0.259. The fourth-order valence-electron chi connectivity index (χ4n) is 3.27. The minimum atomic E-state index is -7.43. The molecule has 0 atom stereocenters. The Kier molecular flexibility index (Phi) is 11.3. The fourth-order valence-corrected chi connectivity index (χ4v) is 9.85. The average molecular weight is 741 g/mol. The molecular formula is C27H21F9O4S5. The maximum Gasteiger partial charge on any atom is 0.460 e. The minimum absolute atomic E-state index is 0.0808. The molecule has 0 unspecified atom stereocenters. The van der Waals surface area contributed by atoms with Crippen LogP contribution in [0.3, 0.4) is 0 Å². The lowest BCUT2D eigenvalue weighted by molar-refractivity contribution is -0.382. The molecule has 0 aliphatic rings. The molecule has 0 spiro atoms. The number of hydrogen-bond acceptors (Lipinski definition) is 7. The van der Waals surface area contributed by atoms with Crippen molar-refractivity contribution in [3.8, 4) is 5.06 Å². The van der Waals surface area contributed by atoms with Crippen molar-refractivity contribution in [1.29, 1.82) is 0 Å². The van der Waals surface area contributed by atoms with Crippen molar-refractivity contribution < 1.29 is 57.2 Å². The van der Waals surface area contributed by atoms with Gasteiger partial charge in [0.25, 0.3) is 0 Å². The number of hydrogen-bond donors (Lipinski definition) is 0. The Morgan fingerprint density at radius 1 is 0.689 bits per heavy atom. The number of rotatable bonds is 9. The lowest BCUT2D eigenvalue weighted by Gasteiger charge is -2.34. The maximum absolute atomic E-state index is 12.2. The van der Waals surface area contributed by atoms with Crippen LogP contribution < -0.4 is 4.74 Å². The van der Waals surface area contributed by atoms with E-state index in [1.54, 1.807) is 18.4 Å². The van der Waals surface area contributed by atoms with Gasteiger partial charge in [-0.2, -0.15) is 39.5 Å². The van der Waals surface area contributed by atoms with Crippen molar-refractivity contribution in [2.75, 3.05) is 7.11 Å². The molecule has 2 aromatic heterocycles. The maximum atomic E-state index is 12.2. The number of alkyl halides is 9. The largest absolute Gasteiger partial charge is 0.743 e. The van der Waals surface area contributed by atoms with Gasteiger partial charge >= 0.3 is 23.3 Å². The van der Waals surface area contributed by atoms with Crippen LogP contribution in [0, 0.1) is 13.8 Å². The highest BCUT2D eigenvalue weighted by atomic mass is 32.2. The molecule has 4 aromatic rings. The Hall–Kier alpha value is -2.38. The Balaban J connectivity index is 0.000000281. The lowest BCUT2D eigenvalue weighted by Crippen LogP contribution is -2.63. The van der Waals surface area contributed by atoms with Gasteiger partial charge in [-0.3, -0.25) is 0 Å². The van der Waals surface area contributed by atoms with Crippen molar-refractivity contribution in [3.05, 3.63) is 83.9 Å². The standard InChI is InChI=1S/C23H21OS4.C4HF9O3S/c1-16-4-8-18(9-5-16)28(19-10-6-17(2)7-11-19)23-15-14-22(27-23)26-21-13-12-20(24-3)25-21;5-1(6,3(9,10)11)2(7,8)4(12,13)17(14,15)16/h4-15H,1-3H3;(H,14,15,16)/q+1;/p-1. The van der Waals surface area contributed by atoms with Crippen LogP contribution >= 0.6 is 34.4 Å². The van der Waals surface area contributed by atoms with Crippen molar-refractivity contribution >= 4 is 55.4 Å². The topological polar surface area (TPSA) is 66.4 Å². The number of thiophene rings is 2. The van der Waals surface area contributed by atoms with Gasteiger partial charge in [0.15, 0.2) is 25.0 Å².